The molecular weight excluding hydrogens is 188 g/mol. The number of carboxylic acids is 1. The summed E-state index contributed by atoms with van der Waals surface area (Å²) in [5.74, 6) is -0.602. The van der Waals surface area contributed by atoms with Crippen molar-refractivity contribution in [1.82, 2.24) is 0 Å². The maximum absolute atomic E-state index is 10.7. The highest BCUT2D eigenvalue weighted by atomic mass is 35.5. The van der Waals surface area contributed by atoms with Crippen LogP contribution in [0.2, 0.25) is 0 Å². The zero-order valence-electron chi connectivity index (χ0n) is 8.50. The van der Waals surface area contributed by atoms with Gasteiger partial charge >= 0.3 is 5.97 Å². The number of aliphatic carboxylic acids is 1. The van der Waals surface area contributed by atoms with Crippen molar-refractivity contribution >= 4 is 18.4 Å². The van der Waals surface area contributed by atoms with Gasteiger partial charge in [0.2, 0.25) is 0 Å². The van der Waals surface area contributed by atoms with E-state index in [1.807, 2.05) is 27.7 Å². The molecule has 0 spiro atoms. The Morgan fingerprint density at radius 3 is 2.08 bits per heavy atom. The molecule has 1 fully saturated rings. The summed E-state index contributed by atoms with van der Waals surface area (Å²) in [7, 11) is 0. The Bertz CT molecular complexity index is 239. The molecular formula is C10H17ClO2. The number of hydrogen-bond donors (Lipinski definition) is 1. The van der Waals surface area contributed by atoms with E-state index in [1.54, 1.807) is 0 Å². The van der Waals surface area contributed by atoms with Crippen molar-refractivity contribution in [3.8, 4) is 0 Å². The van der Waals surface area contributed by atoms with Crippen LogP contribution in [-0.2, 0) is 4.79 Å². The second-order valence-corrected chi connectivity index (χ2v) is 4.41. The van der Waals surface area contributed by atoms with E-state index in [4.69, 9.17) is 5.11 Å². The second-order valence-electron chi connectivity index (χ2n) is 4.41. The quantitative estimate of drug-likeness (QED) is 0.703. The van der Waals surface area contributed by atoms with Gasteiger partial charge in [-0.15, -0.1) is 12.4 Å². The summed E-state index contributed by atoms with van der Waals surface area (Å²) in [4.78, 5) is 10.7. The van der Waals surface area contributed by atoms with Crippen LogP contribution in [0.15, 0.2) is 11.6 Å². The molecule has 3 heteroatoms. The maximum atomic E-state index is 10.7. The first-order valence-corrected chi connectivity index (χ1v) is 4.25. The Hall–Kier alpha value is -0.500. The number of hydrogen-bond acceptors (Lipinski definition) is 1. The summed E-state index contributed by atoms with van der Waals surface area (Å²) in [6.45, 7) is 8.03. The van der Waals surface area contributed by atoms with Crippen LogP contribution < -0.4 is 0 Å². The molecule has 1 rings (SSSR count). The van der Waals surface area contributed by atoms with Crippen LogP contribution in [0.5, 0.6) is 0 Å². The lowest BCUT2D eigenvalue weighted by molar-refractivity contribution is -0.139. The zero-order chi connectivity index (χ0) is 9.52. The predicted octanol–water partition coefficient (Wildman–Crippen LogP) is 2.73. The predicted molar refractivity (Wildman–Crippen MR) is 55.1 cm³/mol. The Labute approximate surface area is 85.4 Å². The first kappa shape index (κ1) is 12.5. The van der Waals surface area contributed by atoms with E-state index in [0.29, 0.717) is 0 Å². The van der Waals surface area contributed by atoms with Gasteiger partial charge in [0.05, 0.1) is 5.92 Å². The summed E-state index contributed by atoms with van der Waals surface area (Å²) in [5, 5.41) is 8.84. The van der Waals surface area contributed by atoms with Crippen LogP contribution in [0.1, 0.15) is 27.7 Å². The minimum Gasteiger partial charge on any atom is -0.481 e. The number of halogens is 1. The van der Waals surface area contributed by atoms with Crippen molar-refractivity contribution in [2.75, 3.05) is 0 Å². The summed E-state index contributed by atoms with van der Waals surface area (Å²) in [6, 6.07) is 0. The molecule has 1 aliphatic carbocycles. The Kier molecular flexibility index (Phi) is 3.56. The molecule has 13 heavy (non-hydrogen) atoms. The van der Waals surface area contributed by atoms with Crippen LogP contribution in [0.25, 0.3) is 0 Å². The van der Waals surface area contributed by atoms with Crippen molar-refractivity contribution in [3.05, 3.63) is 11.6 Å². The van der Waals surface area contributed by atoms with Gasteiger partial charge in [-0.1, -0.05) is 25.5 Å². The van der Waals surface area contributed by atoms with E-state index in [9.17, 15) is 4.79 Å². The third-order valence-electron chi connectivity index (χ3n) is 2.69. The first-order valence-electron chi connectivity index (χ1n) is 4.25. The van der Waals surface area contributed by atoms with Gasteiger partial charge in [-0.25, -0.2) is 0 Å². The van der Waals surface area contributed by atoms with Crippen LogP contribution in [0, 0.1) is 17.3 Å². The molecule has 0 aromatic rings. The molecule has 0 radical (unpaired) electrons. The van der Waals surface area contributed by atoms with Crippen LogP contribution in [-0.4, -0.2) is 11.1 Å². The van der Waals surface area contributed by atoms with Gasteiger partial charge in [0, 0.05) is 0 Å². The van der Waals surface area contributed by atoms with E-state index in [0.717, 1.165) is 0 Å². The smallest absolute Gasteiger partial charge is 0.307 e. The van der Waals surface area contributed by atoms with E-state index in [2.05, 4.69) is 6.08 Å². The van der Waals surface area contributed by atoms with Crippen molar-refractivity contribution < 1.29 is 9.90 Å². The second kappa shape index (κ2) is 3.70. The molecule has 2 atom stereocenters. The fourth-order valence-corrected chi connectivity index (χ4v) is 1.82. The van der Waals surface area contributed by atoms with E-state index in [1.165, 1.54) is 5.57 Å². The lowest BCUT2D eigenvalue weighted by atomic mass is 10.1. The molecule has 0 aliphatic heterocycles. The summed E-state index contributed by atoms with van der Waals surface area (Å²) in [6.07, 6.45) is 2.07. The molecule has 0 amide bonds. The molecule has 1 N–H and O–H groups in total. The molecule has 76 valence electrons. The summed E-state index contributed by atoms with van der Waals surface area (Å²) < 4.78 is 0. The topological polar surface area (TPSA) is 37.3 Å². The molecule has 0 saturated heterocycles. The molecule has 1 aliphatic rings. The lowest BCUT2D eigenvalue weighted by Gasteiger charge is -1.96. The van der Waals surface area contributed by atoms with Crippen LogP contribution >= 0.6 is 12.4 Å². The fraction of sp³-hybridized carbons (Fsp3) is 0.700. The Balaban J connectivity index is 0.00000144. The number of rotatable bonds is 2. The van der Waals surface area contributed by atoms with Gasteiger partial charge in [0.15, 0.2) is 0 Å². The number of allylic oxidation sites excluding steroid dienone is 2. The average Bonchev–Trinajstić information content (AvgIpc) is 2.32. The van der Waals surface area contributed by atoms with E-state index < -0.39 is 5.97 Å². The molecule has 0 unspecified atom stereocenters. The minimum atomic E-state index is -0.664. The van der Waals surface area contributed by atoms with E-state index >= 15 is 0 Å². The largest absolute Gasteiger partial charge is 0.481 e. The van der Waals surface area contributed by atoms with Crippen molar-refractivity contribution in [2.45, 2.75) is 27.7 Å². The highest BCUT2D eigenvalue weighted by Gasteiger charge is 2.60. The van der Waals surface area contributed by atoms with Gasteiger partial charge in [0.1, 0.15) is 0 Å². The summed E-state index contributed by atoms with van der Waals surface area (Å²) >= 11 is 0. The maximum Gasteiger partial charge on any atom is 0.307 e. The lowest BCUT2D eigenvalue weighted by Crippen LogP contribution is -2.02. The van der Waals surface area contributed by atoms with Crippen LogP contribution in [0.4, 0.5) is 0 Å². The molecule has 0 aromatic heterocycles. The van der Waals surface area contributed by atoms with Gasteiger partial charge < -0.3 is 5.11 Å². The fourth-order valence-electron chi connectivity index (χ4n) is 1.82. The highest BCUT2D eigenvalue weighted by Crippen LogP contribution is 2.59. The van der Waals surface area contributed by atoms with Crippen LogP contribution in [0.3, 0.4) is 0 Å². The Morgan fingerprint density at radius 1 is 1.38 bits per heavy atom. The minimum absolute atomic E-state index is 0. The van der Waals surface area contributed by atoms with Gasteiger partial charge in [-0.2, -0.15) is 0 Å². The average molecular weight is 205 g/mol. The molecule has 1 saturated carbocycles. The van der Waals surface area contributed by atoms with Crippen molar-refractivity contribution in [3.63, 3.8) is 0 Å². The van der Waals surface area contributed by atoms with Gasteiger partial charge in [-0.3, -0.25) is 4.79 Å². The van der Waals surface area contributed by atoms with E-state index in [-0.39, 0.29) is 29.7 Å². The zero-order valence-corrected chi connectivity index (χ0v) is 9.31. The Morgan fingerprint density at radius 2 is 1.85 bits per heavy atom. The standard InChI is InChI=1S/C10H16O2.ClH/c1-6(2)5-7-8(9(11)12)10(7,3)4;/h5,7-8H,1-4H3,(H,11,12);1H/t7-,8-;/m0./s1. The molecule has 2 nitrogen and oxygen atoms in total. The van der Waals surface area contributed by atoms with Crippen molar-refractivity contribution in [2.24, 2.45) is 17.3 Å². The third kappa shape index (κ3) is 2.25. The molecule has 0 bridgehead atoms. The normalized spacial score (nSPS) is 28.6. The van der Waals surface area contributed by atoms with Gasteiger partial charge in [0.25, 0.3) is 0 Å². The SMILES string of the molecule is CC(C)=C[C@H]1[C@@H](C(=O)O)C1(C)C.Cl. The number of carbonyl (C=O) groups is 1. The monoisotopic (exact) mass is 204 g/mol. The molecule has 0 heterocycles. The third-order valence-corrected chi connectivity index (χ3v) is 2.69. The van der Waals surface area contributed by atoms with Crippen molar-refractivity contribution in [1.29, 1.82) is 0 Å². The molecule has 0 aromatic carbocycles. The van der Waals surface area contributed by atoms with Gasteiger partial charge in [-0.05, 0) is 25.2 Å². The highest BCUT2D eigenvalue weighted by molar-refractivity contribution is 5.85. The number of carboxylic acid groups (broad SMARTS) is 1. The summed E-state index contributed by atoms with van der Waals surface area (Å²) in [5.41, 5.74) is 1.17. The first-order chi connectivity index (χ1) is 5.37.